The first-order chi connectivity index (χ1) is 11.5. The fraction of sp³-hybridized carbons (Fsp3) is 0.529. The lowest BCUT2D eigenvalue weighted by Gasteiger charge is -2.40. The average molecular weight is 332 g/mol. The van der Waals surface area contributed by atoms with E-state index in [2.05, 4.69) is 29.4 Å². The number of urea groups is 1. The molecule has 130 valence electrons. The zero-order valence-corrected chi connectivity index (χ0v) is 14.4. The van der Waals surface area contributed by atoms with Gasteiger partial charge in [-0.25, -0.2) is 4.79 Å². The molecule has 1 heterocycles. The quantitative estimate of drug-likeness (QED) is 0.858. The molecule has 1 aliphatic heterocycles. The van der Waals surface area contributed by atoms with Crippen molar-refractivity contribution in [1.29, 1.82) is 5.26 Å². The Hall–Kier alpha value is -2.30. The van der Waals surface area contributed by atoms with Crippen molar-refractivity contribution in [1.82, 2.24) is 10.2 Å². The van der Waals surface area contributed by atoms with Crippen molar-refractivity contribution < 1.29 is 14.3 Å². The van der Waals surface area contributed by atoms with E-state index in [9.17, 15) is 4.79 Å². The summed E-state index contributed by atoms with van der Waals surface area (Å²) >= 11 is 0. The molecule has 1 aromatic rings. The smallest absolute Gasteiger partial charge is 0.319 e. The van der Waals surface area contributed by atoms with Crippen molar-refractivity contribution in [3.8, 4) is 11.8 Å². The first kappa shape index (κ1) is 18.0. The van der Waals surface area contributed by atoms with Crippen LogP contribution in [0.25, 0.3) is 0 Å². The molecule has 1 fully saturated rings. The molecule has 0 aliphatic carbocycles. The number of nitriles is 1. The summed E-state index contributed by atoms with van der Waals surface area (Å²) in [6.07, 6.45) is 0. The molecule has 0 spiro atoms. The van der Waals surface area contributed by atoms with Crippen LogP contribution in [0.2, 0.25) is 0 Å². The van der Waals surface area contributed by atoms with Gasteiger partial charge in [-0.05, 0) is 32.0 Å². The highest BCUT2D eigenvalue weighted by atomic mass is 16.5. The van der Waals surface area contributed by atoms with Crippen LogP contribution in [-0.2, 0) is 4.74 Å². The second kappa shape index (κ2) is 7.99. The minimum Gasteiger partial charge on any atom is -0.495 e. The summed E-state index contributed by atoms with van der Waals surface area (Å²) in [5.41, 5.74) is 0.762. The standard InChI is InChI=1S/C17H24N4O3/c1-17(2,21-6-8-24-9-7-21)12-19-16(22)20-14-10-13(11-18)4-5-15(14)23-3/h4-5,10H,6-9,12H2,1-3H3,(H2,19,20,22). The minimum atomic E-state index is -0.329. The maximum absolute atomic E-state index is 12.2. The number of morpholine rings is 1. The van der Waals surface area contributed by atoms with E-state index < -0.39 is 0 Å². The molecule has 0 radical (unpaired) electrons. The van der Waals surface area contributed by atoms with Crippen molar-refractivity contribution in [2.24, 2.45) is 0 Å². The van der Waals surface area contributed by atoms with E-state index in [1.54, 1.807) is 18.2 Å². The summed E-state index contributed by atoms with van der Waals surface area (Å²) in [5.74, 6) is 0.511. The number of amides is 2. The minimum absolute atomic E-state index is 0.167. The zero-order valence-electron chi connectivity index (χ0n) is 14.4. The molecule has 2 rings (SSSR count). The van der Waals surface area contributed by atoms with Crippen molar-refractivity contribution in [3.05, 3.63) is 23.8 Å². The Morgan fingerprint density at radius 3 is 2.75 bits per heavy atom. The molecule has 0 aromatic heterocycles. The molecule has 0 saturated carbocycles. The van der Waals surface area contributed by atoms with Crippen LogP contribution in [0.4, 0.5) is 10.5 Å². The Kier molecular flexibility index (Phi) is 6.01. The highest BCUT2D eigenvalue weighted by Gasteiger charge is 2.28. The predicted molar refractivity (Wildman–Crippen MR) is 91.2 cm³/mol. The normalized spacial score (nSPS) is 15.4. The van der Waals surface area contributed by atoms with Crippen LogP contribution in [0, 0.1) is 11.3 Å². The molecule has 7 nitrogen and oxygen atoms in total. The van der Waals surface area contributed by atoms with Gasteiger partial charge in [-0.3, -0.25) is 4.90 Å². The fourth-order valence-corrected chi connectivity index (χ4v) is 2.62. The topological polar surface area (TPSA) is 86.6 Å². The summed E-state index contributed by atoms with van der Waals surface area (Å²) in [7, 11) is 1.52. The van der Waals surface area contributed by atoms with Crippen LogP contribution >= 0.6 is 0 Å². The Bertz CT molecular complexity index is 619. The largest absolute Gasteiger partial charge is 0.495 e. The molecule has 0 bridgehead atoms. The molecule has 0 unspecified atom stereocenters. The van der Waals surface area contributed by atoms with Crippen LogP contribution in [0.3, 0.4) is 0 Å². The molecule has 1 aromatic carbocycles. The number of nitrogens with zero attached hydrogens (tertiary/aromatic N) is 2. The van der Waals surface area contributed by atoms with E-state index in [1.807, 2.05) is 6.07 Å². The van der Waals surface area contributed by atoms with Crippen molar-refractivity contribution >= 4 is 11.7 Å². The van der Waals surface area contributed by atoms with Crippen LogP contribution in [0.5, 0.6) is 5.75 Å². The third-order valence-corrected chi connectivity index (χ3v) is 4.13. The van der Waals surface area contributed by atoms with Crippen LogP contribution in [-0.4, -0.2) is 56.4 Å². The number of methoxy groups -OCH3 is 1. The molecular weight excluding hydrogens is 308 g/mol. The van der Waals surface area contributed by atoms with E-state index in [-0.39, 0.29) is 11.6 Å². The van der Waals surface area contributed by atoms with Gasteiger partial charge in [0.1, 0.15) is 5.75 Å². The van der Waals surface area contributed by atoms with Gasteiger partial charge in [-0.15, -0.1) is 0 Å². The number of hydrogen-bond acceptors (Lipinski definition) is 5. The fourth-order valence-electron chi connectivity index (χ4n) is 2.62. The third kappa shape index (κ3) is 4.60. The van der Waals surface area contributed by atoms with Gasteiger partial charge in [0.25, 0.3) is 0 Å². The molecule has 1 saturated heterocycles. The third-order valence-electron chi connectivity index (χ3n) is 4.13. The first-order valence-electron chi connectivity index (χ1n) is 7.92. The van der Waals surface area contributed by atoms with E-state index in [0.717, 1.165) is 13.1 Å². The zero-order chi connectivity index (χ0) is 17.6. The average Bonchev–Trinajstić information content (AvgIpc) is 2.60. The highest BCUT2D eigenvalue weighted by Crippen LogP contribution is 2.25. The predicted octanol–water partition coefficient (Wildman–Crippen LogP) is 1.80. The van der Waals surface area contributed by atoms with Crippen LogP contribution < -0.4 is 15.4 Å². The second-order valence-corrected chi connectivity index (χ2v) is 6.25. The SMILES string of the molecule is COc1ccc(C#N)cc1NC(=O)NCC(C)(C)N1CCOCC1. The number of carbonyl (C=O) groups is 1. The number of hydrogen-bond donors (Lipinski definition) is 2. The lowest BCUT2D eigenvalue weighted by molar-refractivity contribution is -0.00863. The van der Waals surface area contributed by atoms with Gasteiger partial charge in [-0.2, -0.15) is 5.26 Å². The number of ether oxygens (including phenoxy) is 2. The first-order valence-corrected chi connectivity index (χ1v) is 7.92. The second-order valence-electron chi connectivity index (χ2n) is 6.25. The monoisotopic (exact) mass is 332 g/mol. The van der Waals surface area contributed by atoms with Crippen LogP contribution in [0.15, 0.2) is 18.2 Å². The van der Waals surface area contributed by atoms with Gasteiger partial charge in [0.15, 0.2) is 0 Å². The molecule has 2 amide bonds. The summed E-state index contributed by atoms with van der Waals surface area (Å²) in [5, 5.41) is 14.6. The van der Waals surface area contributed by atoms with E-state index in [0.29, 0.717) is 36.8 Å². The molecule has 1 aliphatic rings. The van der Waals surface area contributed by atoms with Gasteiger partial charge in [0, 0.05) is 25.2 Å². The van der Waals surface area contributed by atoms with Crippen molar-refractivity contribution in [2.45, 2.75) is 19.4 Å². The van der Waals surface area contributed by atoms with Crippen LogP contribution in [0.1, 0.15) is 19.4 Å². The summed E-state index contributed by atoms with van der Waals surface area (Å²) in [6, 6.07) is 6.61. The van der Waals surface area contributed by atoms with E-state index in [1.165, 1.54) is 7.11 Å². The maximum atomic E-state index is 12.2. The van der Waals surface area contributed by atoms with E-state index >= 15 is 0 Å². The van der Waals surface area contributed by atoms with Crippen molar-refractivity contribution in [3.63, 3.8) is 0 Å². The molecular formula is C17H24N4O3. The molecule has 0 atom stereocenters. The van der Waals surface area contributed by atoms with Gasteiger partial charge in [0.05, 0.1) is 37.6 Å². The number of nitrogens with one attached hydrogen (secondary N) is 2. The molecule has 7 heteroatoms. The lowest BCUT2D eigenvalue weighted by Crippen LogP contribution is -2.55. The summed E-state index contributed by atoms with van der Waals surface area (Å²) in [4.78, 5) is 14.5. The number of anilines is 1. The van der Waals surface area contributed by atoms with Gasteiger partial charge in [-0.1, -0.05) is 0 Å². The van der Waals surface area contributed by atoms with Crippen molar-refractivity contribution in [2.75, 3.05) is 45.3 Å². The Balaban J connectivity index is 1.94. The number of carbonyl (C=O) groups excluding carboxylic acids is 1. The highest BCUT2D eigenvalue weighted by molar-refractivity contribution is 5.91. The summed E-state index contributed by atoms with van der Waals surface area (Å²) < 4.78 is 10.6. The Morgan fingerprint density at radius 2 is 2.12 bits per heavy atom. The van der Waals surface area contributed by atoms with Gasteiger partial charge in [0.2, 0.25) is 0 Å². The maximum Gasteiger partial charge on any atom is 0.319 e. The Labute approximate surface area is 142 Å². The van der Waals surface area contributed by atoms with Gasteiger partial charge >= 0.3 is 6.03 Å². The number of rotatable bonds is 5. The molecule has 24 heavy (non-hydrogen) atoms. The Morgan fingerprint density at radius 1 is 1.42 bits per heavy atom. The van der Waals surface area contributed by atoms with Gasteiger partial charge < -0.3 is 20.1 Å². The molecule has 2 N–H and O–H groups in total. The lowest BCUT2D eigenvalue weighted by atomic mass is 10.0. The van der Waals surface area contributed by atoms with E-state index in [4.69, 9.17) is 14.7 Å². The number of benzene rings is 1. The summed E-state index contributed by atoms with van der Waals surface area (Å²) in [6.45, 7) is 7.83.